The Morgan fingerprint density at radius 3 is 2.75 bits per heavy atom. The van der Waals surface area contributed by atoms with E-state index in [1.165, 1.54) is 30.5 Å². The molecule has 0 saturated carbocycles. The number of aromatic hydroxyl groups is 1. The van der Waals surface area contributed by atoms with Crippen LogP contribution >= 0.6 is 0 Å². The first-order valence-electron chi connectivity index (χ1n) is 17.8. The minimum Gasteiger partial charge on any atom is -0.508 e. The number of carbonyl (C=O) groups excluding carboxylic acids is 1. The highest BCUT2D eigenvalue weighted by molar-refractivity contribution is 6.03. The first-order chi connectivity index (χ1) is 25.2. The number of phenols is 1. The van der Waals surface area contributed by atoms with Crippen LogP contribution in [-0.2, 0) is 4.74 Å². The Labute approximate surface area is 299 Å². The molecular weight excluding hydrogens is 675 g/mol. The fourth-order valence-electron chi connectivity index (χ4n) is 8.77. The van der Waals surface area contributed by atoms with Gasteiger partial charge in [0.25, 0.3) is 0 Å². The van der Waals surface area contributed by atoms with Gasteiger partial charge >= 0.3 is 12.1 Å². The predicted molar refractivity (Wildman–Crippen MR) is 189 cm³/mol. The molecule has 2 unspecified atom stereocenters. The van der Waals surface area contributed by atoms with E-state index in [1.54, 1.807) is 0 Å². The number of pyridine rings is 1. The van der Waals surface area contributed by atoms with Gasteiger partial charge in [0.15, 0.2) is 5.82 Å². The number of ether oxygens (including phenoxy) is 2. The number of carbonyl (C=O) groups is 1. The summed E-state index contributed by atoms with van der Waals surface area (Å²) < 4.78 is 58.4. The van der Waals surface area contributed by atoms with Gasteiger partial charge in [0, 0.05) is 43.2 Å². The molecular formula is C38H40F3N7O4. The van der Waals surface area contributed by atoms with Gasteiger partial charge in [-0.25, -0.2) is 18.0 Å². The van der Waals surface area contributed by atoms with Gasteiger partial charge in [0.1, 0.15) is 41.4 Å². The summed E-state index contributed by atoms with van der Waals surface area (Å²) in [6.07, 6.45) is 10.1. The first kappa shape index (κ1) is 34.2. The summed E-state index contributed by atoms with van der Waals surface area (Å²) >= 11 is 0. The zero-order chi connectivity index (χ0) is 36.1. The molecule has 8 rings (SSSR count). The van der Waals surface area contributed by atoms with Gasteiger partial charge in [-0.3, -0.25) is 14.8 Å². The zero-order valence-electron chi connectivity index (χ0n) is 28.9. The molecule has 52 heavy (non-hydrogen) atoms. The van der Waals surface area contributed by atoms with Crippen LogP contribution in [0.1, 0.15) is 44.1 Å². The van der Waals surface area contributed by atoms with Gasteiger partial charge in [-0.2, -0.15) is 9.97 Å². The number of halogens is 3. The molecule has 4 saturated heterocycles. The molecule has 6 heterocycles. The van der Waals surface area contributed by atoms with Crippen LogP contribution in [0.4, 0.5) is 23.8 Å². The lowest BCUT2D eigenvalue weighted by Crippen LogP contribution is -2.56. The smallest absolute Gasteiger partial charge is 0.410 e. The maximum atomic E-state index is 17.0. The zero-order valence-corrected chi connectivity index (χ0v) is 28.9. The topological polar surface area (TPSA) is 116 Å². The number of anilines is 1. The van der Waals surface area contributed by atoms with E-state index in [-0.39, 0.29) is 64.3 Å². The van der Waals surface area contributed by atoms with E-state index in [1.807, 2.05) is 16.8 Å². The van der Waals surface area contributed by atoms with Gasteiger partial charge in [-0.1, -0.05) is 12.0 Å². The number of hydrogen-bond donors (Lipinski definition) is 2. The van der Waals surface area contributed by atoms with Gasteiger partial charge in [-0.15, -0.1) is 6.42 Å². The lowest BCUT2D eigenvalue weighted by molar-refractivity contribution is 0.0778. The molecule has 272 valence electrons. The second-order valence-electron chi connectivity index (χ2n) is 14.3. The van der Waals surface area contributed by atoms with Crippen LogP contribution in [0.5, 0.6) is 11.8 Å². The fraction of sp³-hybridized carbons (Fsp3) is 0.474. The average Bonchev–Trinajstić information content (AvgIpc) is 3.75. The average molecular weight is 716 g/mol. The lowest BCUT2D eigenvalue weighted by atomic mass is 9.95. The van der Waals surface area contributed by atoms with Crippen molar-refractivity contribution in [2.45, 2.75) is 62.3 Å². The largest absolute Gasteiger partial charge is 0.508 e. The molecule has 1 amide bonds. The maximum Gasteiger partial charge on any atom is 0.410 e. The van der Waals surface area contributed by atoms with Crippen molar-refractivity contribution in [3.8, 4) is 35.4 Å². The van der Waals surface area contributed by atoms with Crippen LogP contribution < -0.4 is 15.0 Å². The van der Waals surface area contributed by atoms with Crippen LogP contribution in [0, 0.1) is 24.0 Å². The maximum absolute atomic E-state index is 17.0. The molecule has 4 aliphatic heterocycles. The van der Waals surface area contributed by atoms with E-state index < -0.39 is 23.3 Å². The third-order valence-corrected chi connectivity index (χ3v) is 11.1. The Morgan fingerprint density at radius 1 is 1.17 bits per heavy atom. The molecule has 0 spiro atoms. The Kier molecular flexibility index (Phi) is 8.95. The number of aromatic nitrogens is 3. The number of terminal acetylenes is 1. The van der Waals surface area contributed by atoms with E-state index in [9.17, 15) is 18.7 Å². The molecule has 11 nitrogen and oxygen atoms in total. The third-order valence-electron chi connectivity index (χ3n) is 11.1. The summed E-state index contributed by atoms with van der Waals surface area (Å²) in [5.74, 6) is 1.08. The number of amides is 1. The van der Waals surface area contributed by atoms with Crippen molar-refractivity contribution in [3.05, 3.63) is 47.7 Å². The van der Waals surface area contributed by atoms with Gasteiger partial charge in [0.2, 0.25) is 0 Å². The summed E-state index contributed by atoms with van der Waals surface area (Å²) in [7, 11) is 1.85. The molecule has 0 radical (unpaired) electrons. The van der Waals surface area contributed by atoms with Crippen LogP contribution in [0.15, 0.2) is 30.5 Å². The second-order valence-corrected chi connectivity index (χ2v) is 14.3. The van der Waals surface area contributed by atoms with Crippen molar-refractivity contribution in [1.82, 2.24) is 30.1 Å². The molecule has 4 aromatic rings. The van der Waals surface area contributed by atoms with Crippen molar-refractivity contribution in [2.24, 2.45) is 0 Å². The highest BCUT2D eigenvalue weighted by Crippen LogP contribution is 2.42. The molecule has 2 bridgehead atoms. The molecule has 0 aliphatic carbocycles. The summed E-state index contributed by atoms with van der Waals surface area (Å²) in [6, 6.07) is 5.01. The van der Waals surface area contributed by atoms with Gasteiger partial charge < -0.3 is 24.8 Å². The number of piperazine rings is 1. The van der Waals surface area contributed by atoms with E-state index >= 15 is 4.39 Å². The SMILES string of the molecule is C#Cc1c(F)ccc2cc(O)cc(-c3ncc4c(N5CC6CCC(C5)N6C(=O)OCCCNC)nc(OC[C@@]56CCCN5C[C@H](F)C6)nc4c3F)c12. The van der Waals surface area contributed by atoms with Crippen molar-refractivity contribution < 1.29 is 32.5 Å². The molecule has 2 aromatic carbocycles. The first-order valence-corrected chi connectivity index (χ1v) is 17.8. The van der Waals surface area contributed by atoms with Crippen LogP contribution in [0.25, 0.3) is 32.9 Å². The normalized spacial score (nSPS) is 24.1. The molecule has 4 fully saturated rings. The van der Waals surface area contributed by atoms with Crippen molar-refractivity contribution in [2.75, 3.05) is 57.9 Å². The van der Waals surface area contributed by atoms with Gasteiger partial charge in [-0.05, 0) is 75.8 Å². The minimum atomic E-state index is -0.959. The fourth-order valence-corrected chi connectivity index (χ4v) is 8.77. The lowest BCUT2D eigenvalue weighted by Gasteiger charge is -2.41. The van der Waals surface area contributed by atoms with Crippen molar-refractivity contribution in [1.29, 1.82) is 0 Å². The number of alkyl halides is 1. The predicted octanol–water partition coefficient (Wildman–Crippen LogP) is 5.16. The quantitative estimate of drug-likeness (QED) is 0.178. The van der Waals surface area contributed by atoms with Crippen LogP contribution in [-0.4, -0.2) is 113 Å². The monoisotopic (exact) mass is 715 g/mol. The molecule has 14 heteroatoms. The number of nitrogens with one attached hydrogen (secondary N) is 1. The standard InChI is InChI=1S/C38H40F3N7O4/c1-3-27-30(40)9-6-22-14-26(49)15-28(31(22)27)33-32(41)34-29(17-43-33)35(45-36(44-34)52-21-38-10-4-12-47(38)18-23(39)16-38)46-19-24-7-8-25(20-46)48(24)37(50)51-13-5-11-42-2/h1,6,9,14-15,17,23-25,42,49H,4-5,7-8,10-13,16,18-21H2,2H3/t23-,24?,25?,38+/m1/s1. The van der Waals surface area contributed by atoms with Crippen LogP contribution in [0.3, 0.4) is 0 Å². The van der Waals surface area contributed by atoms with E-state index in [0.29, 0.717) is 55.7 Å². The molecule has 2 N–H and O–H groups in total. The highest BCUT2D eigenvalue weighted by Gasteiger charge is 2.50. The second kappa shape index (κ2) is 13.6. The molecule has 4 atom stereocenters. The number of phenolic OH excluding ortho intramolecular Hbond substituents is 1. The van der Waals surface area contributed by atoms with Crippen molar-refractivity contribution >= 4 is 33.6 Å². The summed E-state index contributed by atoms with van der Waals surface area (Å²) in [5.41, 5.74) is -0.750. The Bertz CT molecular complexity index is 2080. The number of nitrogens with zero attached hydrogens (tertiary/aromatic N) is 6. The third kappa shape index (κ3) is 5.89. The summed E-state index contributed by atoms with van der Waals surface area (Å²) in [6.45, 7) is 3.15. The van der Waals surface area contributed by atoms with E-state index in [0.717, 1.165) is 38.8 Å². The highest BCUT2D eigenvalue weighted by atomic mass is 19.1. The van der Waals surface area contributed by atoms with E-state index in [4.69, 9.17) is 20.9 Å². The Hall–Kier alpha value is -4.87. The number of benzene rings is 2. The van der Waals surface area contributed by atoms with E-state index in [2.05, 4.69) is 26.1 Å². The Morgan fingerprint density at radius 2 is 1.98 bits per heavy atom. The summed E-state index contributed by atoms with van der Waals surface area (Å²) in [5, 5.41) is 14.6. The molecule has 4 aliphatic rings. The minimum absolute atomic E-state index is 0.0723. The Balaban J connectivity index is 1.20. The molecule has 2 aromatic heterocycles. The summed E-state index contributed by atoms with van der Waals surface area (Å²) in [4.78, 5) is 32.9. The van der Waals surface area contributed by atoms with Gasteiger partial charge in [0.05, 0.1) is 35.2 Å². The number of rotatable bonds is 9. The van der Waals surface area contributed by atoms with Crippen LogP contribution in [0.2, 0.25) is 0 Å². The number of fused-ring (bicyclic) bond motifs is 5. The number of hydrogen-bond acceptors (Lipinski definition) is 10. The van der Waals surface area contributed by atoms with Crippen molar-refractivity contribution in [3.63, 3.8) is 0 Å².